The Morgan fingerprint density at radius 3 is 2.00 bits per heavy atom. The van der Waals surface area contributed by atoms with Crippen LogP contribution in [0.3, 0.4) is 0 Å². The fraction of sp³-hybridized carbons (Fsp3) is 0.600. The van der Waals surface area contributed by atoms with Crippen LogP contribution in [0.4, 0.5) is 0 Å². The summed E-state index contributed by atoms with van der Waals surface area (Å²) in [5, 5.41) is 0. The van der Waals surface area contributed by atoms with E-state index in [1.54, 1.807) is 0 Å². The molecule has 0 aromatic heterocycles. The molecule has 2 heteroatoms. The Morgan fingerprint density at radius 1 is 1.06 bits per heavy atom. The van der Waals surface area contributed by atoms with Crippen molar-refractivity contribution in [3.63, 3.8) is 0 Å². The van der Waals surface area contributed by atoms with Gasteiger partial charge in [-0.3, -0.25) is 0 Å². The summed E-state index contributed by atoms with van der Waals surface area (Å²) in [6, 6.07) is 10.9. The highest BCUT2D eigenvalue weighted by molar-refractivity contribution is 6.34. The molecular formula is C15H26BN. The van der Waals surface area contributed by atoms with Crippen molar-refractivity contribution in [2.45, 2.75) is 40.4 Å². The average Bonchev–Trinajstić information content (AvgIpc) is 2.30. The molecular weight excluding hydrogens is 205 g/mol. The summed E-state index contributed by atoms with van der Waals surface area (Å²) in [5.74, 6) is 0.601. The zero-order chi connectivity index (χ0) is 12.9. The Labute approximate surface area is 107 Å². The fourth-order valence-electron chi connectivity index (χ4n) is 2.30. The lowest BCUT2D eigenvalue weighted by atomic mass is 9.57. The first-order valence-electron chi connectivity index (χ1n) is 6.76. The summed E-state index contributed by atoms with van der Waals surface area (Å²) in [7, 11) is 1.15. The van der Waals surface area contributed by atoms with E-state index in [0.717, 1.165) is 20.5 Å². The molecule has 0 saturated heterocycles. The molecule has 0 bridgehead atoms. The minimum absolute atomic E-state index is 0.309. The Hall–Kier alpha value is -0.755. The van der Waals surface area contributed by atoms with E-state index in [2.05, 4.69) is 69.8 Å². The molecule has 1 aromatic rings. The molecule has 1 unspecified atom stereocenters. The zero-order valence-corrected chi connectivity index (χ0v) is 12.0. The summed E-state index contributed by atoms with van der Waals surface area (Å²) >= 11 is 0. The molecule has 1 nitrogen and oxygen atoms in total. The lowest BCUT2D eigenvalue weighted by Crippen LogP contribution is -2.37. The van der Waals surface area contributed by atoms with Crippen molar-refractivity contribution in [3.8, 4) is 0 Å². The summed E-state index contributed by atoms with van der Waals surface area (Å²) < 4.78 is 0. The van der Waals surface area contributed by atoms with Crippen molar-refractivity contribution >= 4 is 7.41 Å². The van der Waals surface area contributed by atoms with Gasteiger partial charge in [-0.15, -0.1) is 0 Å². The summed E-state index contributed by atoms with van der Waals surface area (Å²) in [5.41, 5.74) is 1.77. The number of hydrogen-bond acceptors (Lipinski definition) is 1. The lowest BCUT2D eigenvalue weighted by Gasteiger charge is -2.34. The van der Waals surface area contributed by atoms with E-state index in [-0.39, 0.29) is 0 Å². The number of rotatable bonds is 5. The molecule has 0 saturated carbocycles. The smallest absolute Gasteiger partial charge is 0.212 e. The van der Waals surface area contributed by atoms with E-state index in [4.69, 9.17) is 0 Å². The standard InChI is InChI=1S/C15H26BN/c1-6-17(7-2)16-14(15(3,4)5)13-11-9-8-10-12-13/h8-12,14,16H,6-7H2,1-5H3. The SMILES string of the molecule is CCN(BC(c1ccccc1)C(C)(C)C)CC. The van der Waals surface area contributed by atoms with E-state index in [0.29, 0.717) is 11.2 Å². The van der Waals surface area contributed by atoms with E-state index in [1.165, 1.54) is 5.56 Å². The highest BCUT2D eigenvalue weighted by atomic mass is 15.0. The molecule has 0 aliphatic rings. The molecule has 17 heavy (non-hydrogen) atoms. The third-order valence-corrected chi connectivity index (χ3v) is 3.58. The van der Waals surface area contributed by atoms with Crippen molar-refractivity contribution in [2.24, 2.45) is 5.41 Å². The largest absolute Gasteiger partial charge is 0.345 e. The van der Waals surface area contributed by atoms with Gasteiger partial charge in [-0.2, -0.15) is 0 Å². The van der Waals surface area contributed by atoms with Crippen LogP contribution in [0.15, 0.2) is 30.3 Å². The van der Waals surface area contributed by atoms with E-state index < -0.39 is 0 Å². The van der Waals surface area contributed by atoms with Crippen LogP contribution in [0, 0.1) is 5.41 Å². The molecule has 94 valence electrons. The second-order valence-electron chi connectivity index (χ2n) is 5.82. The molecule has 0 N–H and O–H groups in total. The summed E-state index contributed by atoms with van der Waals surface area (Å²) in [6.45, 7) is 13.8. The van der Waals surface area contributed by atoms with Crippen LogP contribution in [-0.2, 0) is 0 Å². The third kappa shape index (κ3) is 4.20. The van der Waals surface area contributed by atoms with Gasteiger partial charge in [-0.25, -0.2) is 0 Å². The van der Waals surface area contributed by atoms with Crippen molar-refractivity contribution in [1.29, 1.82) is 0 Å². The molecule has 0 spiro atoms. The van der Waals surface area contributed by atoms with E-state index in [1.807, 2.05) is 0 Å². The van der Waals surface area contributed by atoms with Gasteiger partial charge in [0.15, 0.2) is 0 Å². The predicted molar refractivity (Wildman–Crippen MR) is 78.7 cm³/mol. The van der Waals surface area contributed by atoms with Crippen molar-refractivity contribution < 1.29 is 0 Å². The van der Waals surface area contributed by atoms with E-state index in [9.17, 15) is 0 Å². The van der Waals surface area contributed by atoms with Gasteiger partial charge in [-0.05, 0) is 24.3 Å². The molecule has 0 amide bonds. The maximum absolute atomic E-state index is 2.52. The predicted octanol–water partition coefficient (Wildman–Crippen LogP) is 3.47. The van der Waals surface area contributed by atoms with Crippen LogP contribution in [0.25, 0.3) is 0 Å². The minimum Gasteiger partial charge on any atom is -0.345 e. The topological polar surface area (TPSA) is 3.24 Å². The third-order valence-electron chi connectivity index (χ3n) is 3.58. The summed E-state index contributed by atoms with van der Waals surface area (Å²) in [4.78, 5) is 2.52. The Balaban J connectivity index is 2.90. The Kier molecular flexibility index (Phi) is 5.26. The molecule has 0 fully saturated rings. The number of hydrogen-bond donors (Lipinski definition) is 0. The van der Waals surface area contributed by atoms with Crippen molar-refractivity contribution in [2.75, 3.05) is 13.1 Å². The molecule has 1 atom stereocenters. The van der Waals surface area contributed by atoms with Crippen LogP contribution in [-0.4, -0.2) is 25.3 Å². The molecule has 1 rings (SSSR count). The summed E-state index contributed by atoms with van der Waals surface area (Å²) in [6.07, 6.45) is 0. The van der Waals surface area contributed by atoms with Gasteiger partial charge in [0.05, 0.1) is 0 Å². The van der Waals surface area contributed by atoms with Gasteiger partial charge in [0.1, 0.15) is 0 Å². The molecule has 0 aliphatic heterocycles. The van der Waals surface area contributed by atoms with E-state index >= 15 is 0 Å². The Bertz CT molecular complexity index is 311. The molecule has 1 aromatic carbocycles. The van der Waals surface area contributed by atoms with Gasteiger partial charge in [0.2, 0.25) is 7.41 Å². The van der Waals surface area contributed by atoms with Gasteiger partial charge < -0.3 is 4.81 Å². The first kappa shape index (κ1) is 14.3. The maximum Gasteiger partial charge on any atom is 0.212 e. The first-order chi connectivity index (χ1) is 7.99. The van der Waals surface area contributed by atoms with Crippen LogP contribution in [0.5, 0.6) is 0 Å². The number of nitrogens with zero attached hydrogens (tertiary/aromatic N) is 1. The maximum atomic E-state index is 2.52. The average molecular weight is 231 g/mol. The zero-order valence-electron chi connectivity index (χ0n) is 12.0. The van der Waals surface area contributed by atoms with Gasteiger partial charge >= 0.3 is 0 Å². The second-order valence-corrected chi connectivity index (χ2v) is 5.82. The normalized spacial score (nSPS) is 13.8. The van der Waals surface area contributed by atoms with Gasteiger partial charge in [0, 0.05) is 0 Å². The van der Waals surface area contributed by atoms with Crippen LogP contribution < -0.4 is 0 Å². The van der Waals surface area contributed by atoms with Crippen molar-refractivity contribution in [1.82, 2.24) is 4.81 Å². The first-order valence-corrected chi connectivity index (χ1v) is 6.76. The Morgan fingerprint density at radius 2 is 1.59 bits per heavy atom. The number of benzene rings is 1. The second kappa shape index (κ2) is 6.25. The monoisotopic (exact) mass is 231 g/mol. The van der Waals surface area contributed by atoms with Crippen LogP contribution in [0.2, 0.25) is 0 Å². The highest BCUT2D eigenvalue weighted by Gasteiger charge is 2.28. The van der Waals surface area contributed by atoms with Crippen LogP contribution in [0.1, 0.15) is 46.0 Å². The van der Waals surface area contributed by atoms with Gasteiger partial charge in [-0.1, -0.05) is 70.5 Å². The molecule has 0 radical (unpaired) electrons. The van der Waals surface area contributed by atoms with Gasteiger partial charge in [0.25, 0.3) is 0 Å². The fourth-order valence-corrected chi connectivity index (χ4v) is 2.30. The highest BCUT2D eigenvalue weighted by Crippen LogP contribution is 2.34. The lowest BCUT2D eigenvalue weighted by molar-refractivity contribution is 0.368. The quantitative estimate of drug-likeness (QED) is 0.701. The van der Waals surface area contributed by atoms with Crippen molar-refractivity contribution in [3.05, 3.63) is 35.9 Å². The van der Waals surface area contributed by atoms with Crippen LogP contribution >= 0.6 is 0 Å². The molecule has 0 aliphatic carbocycles. The molecule has 0 heterocycles. The minimum atomic E-state index is 0.309.